The maximum absolute atomic E-state index is 6.22. The Morgan fingerprint density at radius 3 is 2.57 bits per heavy atom. The summed E-state index contributed by atoms with van der Waals surface area (Å²) < 4.78 is 6.22. The summed E-state index contributed by atoms with van der Waals surface area (Å²) in [5.41, 5.74) is 1.63. The molecule has 1 heteroatoms. The lowest BCUT2D eigenvalue weighted by Crippen LogP contribution is -2.48. The fourth-order valence-electron chi connectivity index (χ4n) is 3.25. The van der Waals surface area contributed by atoms with Gasteiger partial charge in [-0.2, -0.15) is 0 Å². The van der Waals surface area contributed by atoms with Crippen molar-refractivity contribution in [3.05, 3.63) is 12.2 Å². The van der Waals surface area contributed by atoms with Crippen LogP contribution in [0, 0.1) is 5.41 Å². The molecule has 2 aliphatic rings. The van der Waals surface area contributed by atoms with Gasteiger partial charge in [-0.05, 0) is 50.0 Å². The van der Waals surface area contributed by atoms with Crippen LogP contribution in [0.15, 0.2) is 12.2 Å². The molecule has 0 N–H and O–H groups in total. The van der Waals surface area contributed by atoms with E-state index in [-0.39, 0.29) is 11.0 Å². The second-order valence-corrected chi connectivity index (χ2v) is 5.64. The highest BCUT2D eigenvalue weighted by atomic mass is 16.5. The Labute approximate surface area is 87.5 Å². The first kappa shape index (κ1) is 10.2. The Morgan fingerprint density at radius 1 is 1.36 bits per heavy atom. The summed E-state index contributed by atoms with van der Waals surface area (Å²) >= 11 is 0. The Bertz CT molecular complexity index is 254. The normalized spacial score (nSPS) is 41.9. The number of rotatable bonds is 0. The van der Waals surface area contributed by atoms with Crippen LogP contribution in [0.25, 0.3) is 0 Å². The van der Waals surface area contributed by atoms with Crippen molar-refractivity contribution in [1.29, 1.82) is 0 Å². The van der Waals surface area contributed by atoms with Gasteiger partial charge < -0.3 is 4.74 Å². The highest BCUT2D eigenvalue weighted by Crippen LogP contribution is 2.54. The molecule has 2 fully saturated rings. The van der Waals surface area contributed by atoms with E-state index in [0.717, 1.165) is 6.42 Å². The molecule has 0 unspecified atom stereocenters. The lowest BCUT2D eigenvalue weighted by Gasteiger charge is -2.49. The lowest BCUT2D eigenvalue weighted by atomic mass is 9.62. The molecule has 1 saturated heterocycles. The molecule has 2 atom stereocenters. The molecule has 1 spiro atoms. The first-order valence-corrected chi connectivity index (χ1v) is 5.84. The molecule has 0 aromatic rings. The SMILES string of the molecule is C=C1CCCC(C)(C)[C@]12CC[C@@H](C)O2. The quantitative estimate of drug-likeness (QED) is 0.534. The Morgan fingerprint density at radius 2 is 2.07 bits per heavy atom. The summed E-state index contributed by atoms with van der Waals surface area (Å²) in [5, 5.41) is 0. The minimum atomic E-state index is 0.00463. The van der Waals surface area contributed by atoms with Gasteiger partial charge in [0.25, 0.3) is 0 Å². The molecule has 0 aromatic heterocycles. The molecule has 1 saturated carbocycles. The van der Waals surface area contributed by atoms with Gasteiger partial charge in [0.2, 0.25) is 0 Å². The molecule has 80 valence electrons. The third-order valence-electron chi connectivity index (χ3n) is 4.25. The van der Waals surface area contributed by atoms with Gasteiger partial charge >= 0.3 is 0 Å². The van der Waals surface area contributed by atoms with E-state index in [9.17, 15) is 0 Å². The van der Waals surface area contributed by atoms with E-state index in [1.54, 1.807) is 0 Å². The van der Waals surface area contributed by atoms with Crippen molar-refractivity contribution < 1.29 is 4.74 Å². The largest absolute Gasteiger partial charge is 0.367 e. The summed E-state index contributed by atoms with van der Waals surface area (Å²) in [6.07, 6.45) is 6.52. The van der Waals surface area contributed by atoms with Crippen molar-refractivity contribution in [2.45, 2.75) is 64.6 Å². The number of hydrogen-bond acceptors (Lipinski definition) is 1. The molecule has 1 heterocycles. The summed E-state index contributed by atoms with van der Waals surface area (Å²) in [7, 11) is 0. The Hall–Kier alpha value is -0.300. The van der Waals surface area contributed by atoms with E-state index < -0.39 is 0 Å². The van der Waals surface area contributed by atoms with Crippen molar-refractivity contribution >= 4 is 0 Å². The van der Waals surface area contributed by atoms with Gasteiger partial charge in [-0.3, -0.25) is 0 Å². The molecule has 1 aliphatic heterocycles. The van der Waals surface area contributed by atoms with E-state index in [2.05, 4.69) is 27.4 Å². The maximum atomic E-state index is 6.22. The van der Waals surface area contributed by atoms with Crippen molar-refractivity contribution in [2.24, 2.45) is 5.41 Å². The standard InChI is InChI=1S/C13H22O/c1-10-6-5-8-12(3,4)13(10)9-7-11(2)14-13/h11H,1,5-9H2,2-4H3/t11-,13+/m1/s1. The fourth-order valence-corrected chi connectivity index (χ4v) is 3.25. The molecule has 0 amide bonds. The van der Waals surface area contributed by atoms with Crippen LogP contribution in [-0.2, 0) is 4.74 Å². The zero-order chi connectivity index (χ0) is 10.4. The minimum Gasteiger partial charge on any atom is -0.367 e. The predicted octanol–water partition coefficient (Wildman–Crippen LogP) is 3.69. The average molecular weight is 194 g/mol. The third kappa shape index (κ3) is 1.25. The van der Waals surface area contributed by atoms with Crippen LogP contribution < -0.4 is 0 Å². The predicted molar refractivity (Wildman–Crippen MR) is 59.3 cm³/mol. The molecule has 0 aromatic carbocycles. The minimum absolute atomic E-state index is 0.00463. The van der Waals surface area contributed by atoms with Crippen LogP contribution >= 0.6 is 0 Å². The zero-order valence-corrected chi connectivity index (χ0v) is 9.73. The smallest absolute Gasteiger partial charge is 0.0944 e. The summed E-state index contributed by atoms with van der Waals surface area (Å²) in [4.78, 5) is 0. The third-order valence-corrected chi connectivity index (χ3v) is 4.25. The van der Waals surface area contributed by atoms with Crippen LogP contribution in [0.4, 0.5) is 0 Å². The average Bonchev–Trinajstić information content (AvgIpc) is 2.46. The van der Waals surface area contributed by atoms with Crippen molar-refractivity contribution in [3.8, 4) is 0 Å². The van der Waals surface area contributed by atoms with Gasteiger partial charge in [0.05, 0.1) is 11.7 Å². The molecule has 1 nitrogen and oxygen atoms in total. The van der Waals surface area contributed by atoms with Gasteiger partial charge in [-0.15, -0.1) is 0 Å². The Kier molecular flexibility index (Phi) is 2.26. The van der Waals surface area contributed by atoms with Gasteiger partial charge in [-0.25, -0.2) is 0 Å². The highest BCUT2D eigenvalue weighted by molar-refractivity contribution is 5.23. The second kappa shape index (κ2) is 3.10. The first-order chi connectivity index (χ1) is 6.48. The zero-order valence-electron chi connectivity index (χ0n) is 9.73. The van der Waals surface area contributed by atoms with Crippen molar-refractivity contribution in [3.63, 3.8) is 0 Å². The molecule has 14 heavy (non-hydrogen) atoms. The van der Waals surface area contributed by atoms with Gasteiger partial charge in [0.15, 0.2) is 0 Å². The van der Waals surface area contributed by atoms with Gasteiger partial charge in [-0.1, -0.05) is 20.4 Å². The van der Waals surface area contributed by atoms with Crippen LogP contribution in [0.3, 0.4) is 0 Å². The van der Waals surface area contributed by atoms with E-state index >= 15 is 0 Å². The van der Waals surface area contributed by atoms with Crippen molar-refractivity contribution in [1.82, 2.24) is 0 Å². The molecule has 2 rings (SSSR count). The molecule has 0 radical (unpaired) electrons. The summed E-state index contributed by atoms with van der Waals surface area (Å²) in [6.45, 7) is 11.1. The van der Waals surface area contributed by atoms with Crippen LogP contribution in [0.2, 0.25) is 0 Å². The monoisotopic (exact) mass is 194 g/mol. The lowest BCUT2D eigenvalue weighted by molar-refractivity contribution is -0.0985. The van der Waals surface area contributed by atoms with Crippen LogP contribution in [0.5, 0.6) is 0 Å². The van der Waals surface area contributed by atoms with Crippen molar-refractivity contribution in [2.75, 3.05) is 0 Å². The number of ether oxygens (including phenoxy) is 1. The summed E-state index contributed by atoms with van der Waals surface area (Å²) in [5.74, 6) is 0. The number of hydrogen-bond donors (Lipinski definition) is 0. The van der Waals surface area contributed by atoms with E-state index in [0.29, 0.717) is 6.10 Å². The summed E-state index contributed by atoms with van der Waals surface area (Å²) in [6, 6.07) is 0. The van der Waals surface area contributed by atoms with E-state index in [1.807, 2.05) is 0 Å². The second-order valence-electron chi connectivity index (χ2n) is 5.64. The van der Waals surface area contributed by atoms with Crippen LogP contribution in [-0.4, -0.2) is 11.7 Å². The fraction of sp³-hybridized carbons (Fsp3) is 0.846. The maximum Gasteiger partial charge on any atom is 0.0944 e. The van der Waals surface area contributed by atoms with E-state index in [1.165, 1.54) is 31.3 Å². The van der Waals surface area contributed by atoms with E-state index in [4.69, 9.17) is 4.74 Å². The van der Waals surface area contributed by atoms with Crippen LogP contribution in [0.1, 0.15) is 52.9 Å². The Balaban J connectivity index is 2.32. The molecular formula is C13H22O. The highest BCUT2D eigenvalue weighted by Gasteiger charge is 2.53. The van der Waals surface area contributed by atoms with Gasteiger partial charge in [0, 0.05) is 0 Å². The first-order valence-electron chi connectivity index (χ1n) is 5.84. The molecule has 0 bridgehead atoms. The van der Waals surface area contributed by atoms with Gasteiger partial charge in [0.1, 0.15) is 0 Å². The molecular weight excluding hydrogens is 172 g/mol. The molecule has 1 aliphatic carbocycles. The topological polar surface area (TPSA) is 9.23 Å².